The van der Waals surface area contributed by atoms with Crippen molar-refractivity contribution in [3.8, 4) is 17.1 Å². The highest BCUT2D eigenvalue weighted by molar-refractivity contribution is 5.92. The lowest BCUT2D eigenvalue weighted by molar-refractivity contribution is 0.0524. The molecule has 0 spiro atoms. The molecule has 0 aliphatic heterocycles. The first-order chi connectivity index (χ1) is 17.3. The number of carbonyl (C=O) groups excluding carboxylic acids is 1. The average molecular weight is 494 g/mol. The summed E-state index contributed by atoms with van der Waals surface area (Å²) in [4.78, 5) is 21.1. The summed E-state index contributed by atoms with van der Waals surface area (Å²) in [5.41, 5.74) is 3.98. The Morgan fingerprint density at radius 2 is 1.86 bits per heavy atom. The van der Waals surface area contributed by atoms with E-state index in [0.29, 0.717) is 41.7 Å². The number of halogens is 1. The zero-order valence-corrected chi connectivity index (χ0v) is 20.9. The summed E-state index contributed by atoms with van der Waals surface area (Å²) >= 11 is 0. The molecule has 0 radical (unpaired) electrons. The number of hydrogen-bond acceptors (Lipinski definition) is 8. The van der Waals surface area contributed by atoms with Crippen LogP contribution in [-0.4, -0.2) is 55.8 Å². The van der Waals surface area contributed by atoms with Crippen molar-refractivity contribution in [2.24, 2.45) is 0 Å². The van der Waals surface area contributed by atoms with Crippen LogP contribution in [-0.2, 0) is 16.0 Å². The third kappa shape index (κ3) is 4.96. The standard InChI is InChI=1S/C25H28FN7O3/c1-6-36-25(34)22-16(3)30-33(17(22)4)21-13-20(27-14-28-21)29-24-15(2)23(31-32(24)11-12-35-5)18-7-9-19(26)10-8-18/h7-10,13-14H,6,11-12H2,1-5H3,(H,27,28,29). The van der Waals surface area contributed by atoms with Gasteiger partial charge in [-0.1, -0.05) is 0 Å². The van der Waals surface area contributed by atoms with Gasteiger partial charge in [0.1, 0.15) is 29.3 Å². The fourth-order valence-corrected chi connectivity index (χ4v) is 3.95. The molecule has 0 aliphatic rings. The fraction of sp³-hybridized carbons (Fsp3) is 0.320. The Morgan fingerprint density at radius 3 is 2.56 bits per heavy atom. The normalized spacial score (nSPS) is 11.1. The highest BCUT2D eigenvalue weighted by Crippen LogP contribution is 2.30. The van der Waals surface area contributed by atoms with Crippen molar-refractivity contribution in [1.29, 1.82) is 0 Å². The Morgan fingerprint density at radius 1 is 1.11 bits per heavy atom. The van der Waals surface area contributed by atoms with Gasteiger partial charge in [-0.25, -0.2) is 28.5 Å². The first-order valence-corrected chi connectivity index (χ1v) is 11.5. The topological polar surface area (TPSA) is 109 Å². The number of nitrogens with zero attached hydrogens (tertiary/aromatic N) is 6. The van der Waals surface area contributed by atoms with Crippen molar-refractivity contribution >= 4 is 17.6 Å². The van der Waals surface area contributed by atoms with Gasteiger partial charge in [0.15, 0.2) is 5.82 Å². The molecule has 11 heteroatoms. The summed E-state index contributed by atoms with van der Waals surface area (Å²) in [7, 11) is 1.62. The molecule has 0 unspecified atom stereocenters. The van der Waals surface area contributed by atoms with Crippen LogP contribution in [0.3, 0.4) is 0 Å². The van der Waals surface area contributed by atoms with E-state index in [4.69, 9.17) is 14.6 Å². The largest absolute Gasteiger partial charge is 0.462 e. The minimum atomic E-state index is -0.419. The zero-order valence-electron chi connectivity index (χ0n) is 20.9. The third-order valence-corrected chi connectivity index (χ3v) is 5.70. The highest BCUT2D eigenvalue weighted by atomic mass is 19.1. The summed E-state index contributed by atoms with van der Waals surface area (Å²) in [6.45, 7) is 8.48. The smallest absolute Gasteiger partial charge is 0.341 e. The van der Waals surface area contributed by atoms with Crippen LogP contribution in [0.4, 0.5) is 16.0 Å². The minimum Gasteiger partial charge on any atom is -0.462 e. The van der Waals surface area contributed by atoms with E-state index in [-0.39, 0.29) is 12.4 Å². The van der Waals surface area contributed by atoms with Gasteiger partial charge in [0.25, 0.3) is 0 Å². The number of hydrogen-bond donors (Lipinski definition) is 1. The second-order valence-electron chi connectivity index (χ2n) is 8.11. The molecule has 0 aliphatic carbocycles. The second kappa shape index (κ2) is 10.6. The number of aromatic nitrogens is 6. The molecule has 36 heavy (non-hydrogen) atoms. The summed E-state index contributed by atoms with van der Waals surface area (Å²) in [6.07, 6.45) is 1.42. The predicted molar refractivity (Wildman–Crippen MR) is 132 cm³/mol. The van der Waals surface area contributed by atoms with E-state index in [1.807, 2.05) is 6.92 Å². The molecule has 0 saturated heterocycles. The van der Waals surface area contributed by atoms with E-state index in [9.17, 15) is 9.18 Å². The van der Waals surface area contributed by atoms with Crippen molar-refractivity contribution in [2.75, 3.05) is 25.6 Å². The molecule has 0 saturated carbocycles. The number of anilines is 2. The monoisotopic (exact) mass is 493 g/mol. The Hall–Kier alpha value is -4.12. The maximum Gasteiger partial charge on any atom is 0.341 e. The molecule has 3 heterocycles. The van der Waals surface area contributed by atoms with Crippen LogP contribution in [0.2, 0.25) is 0 Å². The van der Waals surface area contributed by atoms with Gasteiger partial charge < -0.3 is 14.8 Å². The molecule has 4 rings (SSSR count). The molecule has 0 amide bonds. The summed E-state index contributed by atoms with van der Waals surface area (Å²) in [5.74, 6) is 0.992. The lowest BCUT2D eigenvalue weighted by Gasteiger charge is -2.11. The minimum absolute atomic E-state index is 0.278. The lowest BCUT2D eigenvalue weighted by Crippen LogP contribution is -2.11. The van der Waals surface area contributed by atoms with E-state index in [1.165, 1.54) is 18.5 Å². The highest BCUT2D eigenvalue weighted by Gasteiger charge is 2.22. The summed E-state index contributed by atoms with van der Waals surface area (Å²) in [6, 6.07) is 7.94. The molecule has 0 bridgehead atoms. The van der Waals surface area contributed by atoms with Gasteiger partial charge in [0.2, 0.25) is 0 Å². The first-order valence-electron chi connectivity index (χ1n) is 11.5. The van der Waals surface area contributed by atoms with Crippen LogP contribution in [0.1, 0.15) is 34.2 Å². The number of carbonyl (C=O) groups is 1. The number of ether oxygens (including phenoxy) is 2. The quantitative estimate of drug-likeness (QED) is 0.346. The molecule has 1 N–H and O–H groups in total. The predicted octanol–water partition coefficient (Wildman–Crippen LogP) is 4.16. The summed E-state index contributed by atoms with van der Waals surface area (Å²) < 4.78 is 27.3. The molecular weight excluding hydrogens is 465 g/mol. The van der Waals surface area contributed by atoms with Crippen LogP contribution in [0.15, 0.2) is 36.7 Å². The maximum atomic E-state index is 13.5. The maximum absolute atomic E-state index is 13.5. The van der Waals surface area contributed by atoms with Gasteiger partial charge in [-0.15, -0.1) is 0 Å². The number of nitrogens with one attached hydrogen (secondary N) is 1. The van der Waals surface area contributed by atoms with Crippen molar-refractivity contribution < 1.29 is 18.7 Å². The molecular formula is C25H28FN7O3. The summed E-state index contributed by atoms with van der Waals surface area (Å²) in [5, 5.41) is 12.6. The van der Waals surface area contributed by atoms with Crippen LogP contribution < -0.4 is 5.32 Å². The molecule has 188 valence electrons. The van der Waals surface area contributed by atoms with Crippen molar-refractivity contribution in [3.63, 3.8) is 0 Å². The zero-order chi connectivity index (χ0) is 25.8. The molecule has 0 atom stereocenters. The Bertz CT molecular complexity index is 1380. The Balaban J connectivity index is 1.70. The van der Waals surface area contributed by atoms with Gasteiger partial charge in [0.05, 0.1) is 36.8 Å². The number of esters is 1. The van der Waals surface area contributed by atoms with Crippen LogP contribution in [0, 0.1) is 26.6 Å². The second-order valence-corrected chi connectivity index (χ2v) is 8.11. The van der Waals surface area contributed by atoms with E-state index < -0.39 is 5.97 Å². The van der Waals surface area contributed by atoms with Gasteiger partial charge in [0, 0.05) is 24.3 Å². The molecule has 0 fully saturated rings. The molecule has 3 aromatic heterocycles. The fourth-order valence-electron chi connectivity index (χ4n) is 3.95. The third-order valence-electron chi connectivity index (χ3n) is 5.70. The van der Waals surface area contributed by atoms with Crippen LogP contribution in [0.25, 0.3) is 17.1 Å². The number of benzene rings is 1. The van der Waals surface area contributed by atoms with E-state index in [0.717, 1.165) is 22.6 Å². The lowest BCUT2D eigenvalue weighted by atomic mass is 10.1. The number of aryl methyl sites for hydroxylation is 1. The first kappa shape index (κ1) is 25.0. The van der Waals surface area contributed by atoms with Gasteiger partial charge in [-0.2, -0.15) is 10.2 Å². The SMILES string of the molecule is CCOC(=O)c1c(C)nn(-c2cc(Nc3c(C)c(-c4ccc(F)cc4)nn3CCOC)ncn2)c1C. The Labute approximate surface area is 208 Å². The van der Waals surface area contributed by atoms with Crippen molar-refractivity contribution in [3.05, 3.63) is 65.0 Å². The van der Waals surface area contributed by atoms with Crippen LogP contribution >= 0.6 is 0 Å². The van der Waals surface area contributed by atoms with E-state index in [1.54, 1.807) is 55.4 Å². The molecule has 10 nitrogen and oxygen atoms in total. The average Bonchev–Trinajstić information content (AvgIpc) is 3.34. The van der Waals surface area contributed by atoms with E-state index >= 15 is 0 Å². The number of methoxy groups -OCH3 is 1. The van der Waals surface area contributed by atoms with Gasteiger partial charge in [-0.3, -0.25) is 0 Å². The van der Waals surface area contributed by atoms with Crippen molar-refractivity contribution in [2.45, 2.75) is 34.2 Å². The number of rotatable bonds is 9. The molecule has 1 aromatic carbocycles. The van der Waals surface area contributed by atoms with Gasteiger partial charge >= 0.3 is 5.97 Å². The van der Waals surface area contributed by atoms with Crippen molar-refractivity contribution in [1.82, 2.24) is 29.5 Å². The molecule has 4 aromatic rings. The Kier molecular flexibility index (Phi) is 7.39. The van der Waals surface area contributed by atoms with Gasteiger partial charge in [-0.05, 0) is 52.0 Å². The van der Waals surface area contributed by atoms with E-state index in [2.05, 4.69) is 20.4 Å². The van der Waals surface area contributed by atoms with Crippen LogP contribution in [0.5, 0.6) is 0 Å².